The quantitative estimate of drug-likeness (QED) is 0.897. The first kappa shape index (κ1) is 15.8. The van der Waals surface area contributed by atoms with E-state index in [9.17, 15) is 4.79 Å². The Kier molecular flexibility index (Phi) is 5.01. The van der Waals surface area contributed by atoms with Gasteiger partial charge in [-0.2, -0.15) is 0 Å². The third-order valence-electron chi connectivity index (χ3n) is 4.79. The molecule has 2 aliphatic rings. The summed E-state index contributed by atoms with van der Waals surface area (Å²) in [7, 11) is 0. The van der Waals surface area contributed by atoms with Crippen LogP contribution in [0.1, 0.15) is 31.2 Å². The Morgan fingerprint density at radius 3 is 2.86 bits per heavy atom. The van der Waals surface area contributed by atoms with Gasteiger partial charge in [-0.25, -0.2) is 0 Å². The van der Waals surface area contributed by atoms with Crippen molar-refractivity contribution < 1.29 is 9.53 Å². The second-order valence-electron chi connectivity index (χ2n) is 6.22. The maximum Gasteiger partial charge on any atom is 0.231 e. The zero-order valence-electron chi connectivity index (χ0n) is 12.7. The van der Waals surface area contributed by atoms with Gasteiger partial charge in [-0.3, -0.25) is 4.79 Å². The lowest BCUT2D eigenvalue weighted by atomic mass is 9.73. The van der Waals surface area contributed by atoms with Gasteiger partial charge in [-0.15, -0.1) is 0 Å². The first-order chi connectivity index (χ1) is 10.7. The smallest absolute Gasteiger partial charge is 0.231 e. The molecule has 2 fully saturated rings. The summed E-state index contributed by atoms with van der Waals surface area (Å²) in [5.41, 5.74) is 0.491. The molecule has 120 valence electrons. The summed E-state index contributed by atoms with van der Waals surface area (Å²) in [5, 5.41) is 7.27. The average molecular weight is 323 g/mol. The maximum atomic E-state index is 13.1. The largest absolute Gasteiger partial charge is 0.381 e. The van der Waals surface area contributed by atoms with Crippen LogP contribution >= 0.6 is 11.6 Å². The van der Waals surface area contributed by atoms with Crippen molar-refractivity contribution in [2.24, 2.45) is 0 Å². The predicted molar refractivity (Wildman–Crippen MR) is 87.2 cm³/mol. The number of halogens is 1. The Hall–Kier alpha value is -1.10. The highest BCUT2D eigenvalue weighted by molar-refractivity contribution is 6.30. The second kappa shape index (κ2) is 6.99. The third kappa shape index (κ3) is 3.29. The van der Waals surface area contributed by atoms with Gasteiger partial charge in [0, 0.05) is 30.8 Å². The number of rotatable bonds is 3. The lowest BCUT2D eigenvalue weighted by Gasteiger charge is -2.38. The predicted octanol–water partition coefficient (Wildman–Crippen LogP) is 2.26. The molecule has 1 atom stereocenters. The molecule has 0 radical (unpaired) electrons. The molecule has 2 N–H and O–H groups in total. The van der Waals surface area contributed by atoms with E-state index in [0.717, 1.165) is 31.5 Å². The molecule has 2 saturated heterocycles. The van der Waals surface area contributed by atoms with E-state index < -0.39 is 5.41 Å². The molecule has 22 heavy (non-hydrogen) atoms. The number of benzene rings is 1. The lowest BCUT2D eigenvalue weighted by molar-refractivity contribution is -0.131. The van der Waals surface area contributed by atoms with Crippen molar-refractivity contribution in [3.05, 3.63) is 34.9 Å². The molecular formula is C17H23ClN2O2. The van der Waals surface area contributed by atoms with Gasteiger partial charge in [0.25, 0.3) is 0 Å². The van der Waals surface area contributed by atoms with E-state index >= 15 is 0 Å². The van der Waals surface area contributed by atoms with Crippen LogP contribution in [0, 0.1) is 0 Å². The molecule has 1 aromatic carbocycles. The van der Waals surface area contributed by atoms with Gasteiger partial charge in [-0.05, 0) is 49.9 Å². The number of carbonyl (C=O) groups excluding carboxylic acids is 1. The third-order valence-corrected chi connectivity index (χ3v) is 5.03. The van der Waals surface area contributed by atoms with E-state index in [1.807, 2.05) is 24.3 Å². The molecule has 1 aromatic rings. The summed E-state index contributed by atoms with van der Waals surface area (Å²) in [6.07, 6.45) is 3.57. The molecule has 2 aliphatic heterocycles. The van der Waals surface area contributed by atoms with Crippen LogP contribution in [-0.4, -0.2) is 38.3 Å². The van der Waals surface area contributed by atoms with Crippen molar-refractivity contribution >= 4 is 17.5 Å². The van der Waals surface area contributed by atoms with E-state index in [0.29, 0.717) is 31.1 Å². The van der Waals surface area contributed by atoms with Crippen LogP contribution in [0.3, 0.4) is 0 Å². The van der Waals surface area contributed by atoms with E-state index in [1.54, 1.807) is 0 Å². The number of ether oxygens (including phenoxy) is 1. The van der Waals surface area contributed by atoms with Crippen LogP contribution in [0.4, 0.5) is 0 Å². The molecule has 0 saturated carbocycles. The first-order valence-corrected chi connectivity index (χ1v) is 8.44. The van der Waals surface area contributed by atoms with Crippen LogP contribution < -0.4 is 10.6 Å². The highest BCUT2D eigenvalue weighted by Crippen LogP contribution is 2.36. The maximum absolute atomic E-state index is 13.1. The molecule has 3 rings (SSSR count). The van der Waals surface area contributed by atoms with Crippen LogP contribution in [-0.2, 0) is 14.9 Å². The molecular weight excluding hydrogens is 300 g/mol. The minimum Gasteiger partial charge on any atom is -0.381 e. The fraction of sp³-hybridized carbons (Fsp3) is 0.588. The van der Waals surface area contributed by atoms with Gasteiger partial charge in [0.05, 0.1) is 5.41 Å². The fourth-order valence-electron chi connectivity index (χ4n) is 3.45. The van der Waals surface area contributed by atoms with Crippen LogP contribution in [0.2, 0.25) is 5.02 Å². The zero-order valence-corrected chi connectivity index (χ0v) is 13.5. The molecule has 1 amide bonds. The minimum atomic E-state index is -0.513. The molecule has 0 aromatic heterocycles. The normalized spacial score (nSPS) is 24.7. The van der Waals surface area contributed by atoms with E-state index in [1.165, 1.54) is 0 Å². The van der Waals surface area contributed by atoms with E-state index in [2.05, 4.69) is 10.6 Å². The van der Waals surface area contributed by atoms with E-state index in [4.69, 9.17) is 16.3 Å². The molecule has 0 spiro atoms. The Labute approximate surface area is 136 Å². The fourth-order valence-corrected chi connectivity index (χ4v) is 3.64. The molecule has 0 unspecified atom stereocenters. The van der Waals surface area contributed by atoms with Crippen LogP contribution in [0.15, 0.2) is 24.3 Å². The van der Waals surface area contributed by atoms with Crippen molar-refractivity contribution in [2.45, 2.75) is 37.1 Å². The van der Waals surface area contributed by atoms with Gasteiger partial charge in [0.2, 0.25) is 5.91 Å². The summed E-state index contributed by atoms with van der Waals surface area (Å²) in [6, 6.07) is 7.92. The molecule has 4 nitrogen and oxygen atoms in total. The Balaban J connectivity index is 1.83. The molecule has 0 bridgehead atoms. The van der Waals surface area contributed by atoms with Gasteiger partial charge in [-0.1, -0.05) is 23.7 Å². The van der Waals surface area contributed by atoms with Crippen molar-refractivity contribution in [1.29, 1.82) is 0 Å². The molecule has 2 heterocycles. The Bertz CT molecular complexity index is 523. The summed E-state index contributed by atoms with van der Waals surface area (Å²) in [6.45, 7) is 3.12. The number of amides is 1. The lowest BCUT2D eigenvalue weighted by Crippen LogP contribution is -2.54. The molecule has 5 heteroatoms. The van der Waals surface area contributed by atoms with Gasteiger partial charge < -0.3 is 15.4 Å². The Morgan fingerprint density at radius 1 is 1.36 bits per heavy atom. The monoisotopic (exact) mass is 322 g/mol. The number of nitrogens with one attached hydrogen (secondary N) is 2. The minimum absolute atomic E-state index is 0.117. The Morgan fingerprint density at radius 2 is 2.18 bits per heavy atom. The highest BCUT2D eigenvalue weighted by Gasteiger charge is 2.42. The average Bonchev–Trinajstić information content (AvgIpc) is 2.56. The highest BCUT2D eigenvalue weighted by atomic mass is 35.5. The van der Waals surface area contributed by atoms with Gasteiger partial charge >= 0.3 is 0 Å². The topological polar surface area (TPSA) is 50.4 Å². The number of hydrogen-bond acceptors (Lipinski definition) is 3. The van der Waals surface area contributed by atoms with Crippen molar-refractivity contribution in [1.82, 2.24) is 10.6 Å². The summed E-state index contributed by atoms with van der Waals surface area (Å²) < 4.78 is 5.49. The summed E-state index contributed by atoms with van der Waals surface area (Å²) in [4.78, 5) is 13.1. The van der Waals surface area contributed by atoms with E-state index in [-0.39, 0.29) is 11.9 Å². The van der Waals surface area contributed by atoms with Crippen molar-refractivity contribution in [2.75, 3.05) is 26.3 Å². The molecule has 0 aliphatic carbocycles. The second-order valence-corrected chi connectivity index (χ2v) is 6.66. The zero-order chi connectivity index (χ0) is 15.4. The number of piperidine rings is 1. The first-order valence-electron chi connectivity index (χ1n) is 8.06. The van der Waals surface area contributed by atoms with Gasteiger partial charge in [0.15, 0.2) is 0 Å². The van der Waals surface area contributed by atoms with Crippen LogP contribution in [0.25, 0.3) is 0 Å². The van der Waals surface area contributed by atoms with Crippen molar-refractivity contribution in [3.8, 4) is 0 Å². The summed E-state index contributed by atoms with van der Waals surface area (Å²) in [5.74, 6) is 0.117. The number of carbonyl (C=O) groups is 1. The standard InChI is InChI=1S/C17H23ClN2O2/c18-14-4-1-3-13(11-14)17(6-9-22-10-7-17)16(21)20-15-5-2-8-19-12-15/h1,3-4,11,15,19H,2,5-10,12H2,(H,20,21)/t15-/m0/s1. The summed E-state index contributed by atoms with van der Waals surface area (Å²) >= 11 is 6.15. The van der Waals surface area contributed by atoms with Gasteiger partial charge in [0.1, 0.15) is 0 Å². The number of hydrogen-bond donors (Lipinski definition) is 2. The van der Waals surface area contributed by atoms with Crippen LogP contribution in [0.5, 0.6) is 0 Å². The van der Waals surface area contributed by atoms with Crippen molar-refractivity contribution in [3.63, 3.8) is 0 Å². The SMILES string of the molecule is O=C(N[C@H]1CCCNC1)C1(c2cccc(Cl)c2)CCOCC1.